The smallest absolute Gasteiger partial charge is 0.308 e. The number of carbonyl (C=O) groups is 2. The Morgan fingerprint density at radius 2 is 1.74 bits per heavy atom. The molecule has 2 rings (SSSR count). The van der Waals surface area contributed by atoms with Crippen molar-refractivity contribution < 1.29 is 14.3 Å². The fourth-order valence-corrected chi connectivity index (χ4v) is 3.02. The van der Waals surface area contributed by atoms with Crippen molar-refractivity contribution in [3.63, 3.8) is 0 Å². The largest absolute Gasteiger partial charge is 0.469 e. The number of nitrogens with zero attached hydrogens (tertiary/aromatic N) is 1. The van der Waals surface area contributed by atoms with Crippen LogP contribution >= 0.6 is 0 Å². The molecule has 23 heavy (non-hydrogen) atoms. The van der Waals surface area contributed by atoms with Gasteiger partial charge in [-0.25, -0.2) is 0 Å². The highest BCUT2D eigenvalue weighted by Gasteiger charge is 2.26. The maximum absolute atomic E-state index is 12.2. The van der Waals surface area contributed by atoms with Gasteiger partial charge in [0, 0.05) is 31.9 Å². The summed E-state index contributed by atoms with van der Waals surface area (Å²) in [6.07, 6.45) is 3.62. The normalized spacial score (nSPS) is 20.7. The van der Waals surface area contributed by atoms with Crippen LogP contribution < -0.4 is 10.2 Å². The van der Waals surface area contributed by atoms with Crippen molar-refractivity contribution in [2.24, 2.45) is 11.8 Å². The van der Waals surface area contributed by atoms with E-state index >= 15 is 0 Å². The maximum Gasteiger partial charge on any atom is 0.308 e. The monoisotopic (exact) mass is 318 g/mol. The lowest BCUT2D eigenvalue weighted by molar-refractivity contribution is -0.146. The Kier molecular flexibility index (Phi) is 6.02. The van der Waals surface area contributed by atoms with Crippen molar-refractivity contribution in [3.05, 3.63) is 29.8 Å². The van der Waals surface area contributed by atoms with E-state index in [1.54, 1.807) is 0 Å². The van der Waals surface area contributed by atoms with E-state index in [9.17, 15) is 9.59 Å². The van der Waals surface area contributed by atoms with Crippen LogP contribution in [0.2, 0.25) is 0 Å². The molecule has 0 radical (unpaired) electrons. The number of rotatable bonds is 5. The highest BCUT2D eigenvalue weighted by atomic mass is 16.5. The number of amides is 1. The fourth-order valence-electron chi connectivity index (χ4n) is 3.02. The highest BCUT2D eigenvalue weighted by Crippen LogP contribution is 2.29. The number of methoxy groups -OCH3 is 1. The minimum absolute atomic E-state index is 0.0329. The van der Waals surface area contributed by atoms with Crippen LogP contribution in [0.4, 0.5) is 5.69 Å². The van der Waals surface area contributed by atoms with Crippen molar-refractivity contribution in [2.45, 2.75) is 25.7 Å². The molecule has 1 N–H and O–H groups in total. The lowest BCUT2D eigenvalue weighted by Gasteiger charge is -2.27. The summed E-state index contributed by atoms with van der Waals surface area (Å²) in [5.74, 6) is 0.338. The molecule has 0 aromatic heterocycles. The van der Waals surface area contributed by atoms with E-state index in [2.05, 4.69) is 5.32 Å². The minimum Gasteiger partial charge on any atom is -0.469 e. The first-order valence-corrected chi connectivity index (χ1v) is 8.14. The van der Waals surface area contributed by atoms with Crippen LogP contribution in [0.3, 0.4) is 0 Å². The molecule has 5 nitrogen and oxygen atoms in total. The highest BCUT2D eigenvalue weighted by molar-refractivity contribution is 5.94. The van der Waals surface area contributed by atoms with E-state index < -0.39 is 0 Å². The second kappa shape index (κ2) is 7.99. The van der Waals surface area contributed by atoms with Crippen LogP contribution in [-0.4, -0.2) is 39.6 Å². The van der Waals surface area contributed by atoms with Gasteiger partial charge in [-0.05, 0) is 55.9 Å². The van der Waals surface area contributed by atoms with E-state index in [1.165, 1.54) is 7.11 Å². The summed E-state index contributed by atoms with van der Waals surface area (Å²) < 4.78 is 4.80. The van der Waals surface area contributed by atoms with Gasteiger partial charge in [0.25, 0.3) is 5.91 Å². The number of hydrogen-bond donors (Lipinski definition) is 1. The summed E-state index contributed by atoms with van der Waals surface area (Å²) in [6, 6.07) is 7.57. The van der Waals surface area contributed by atoms with E-state index in [0.717, 1.165) is 31.4 Å². The first kappa shape index (κ1) is 17.3. The van der Waals surface area contributed by atoms with Crippen molar-refractivity contribution in [1.82, 2.24) is 5.32 Å². The topological polar surface area (TPSA) is 58.6 Å². The molecule has 1 aliphatic rings. The third-order valence-electron chi connectivity index (χ3n) is 4.58. The molecule has 5 heteroatoms. The third-order valence-corrected chi connectivity index (χ3v) is 4.58. The first-order valence-electron chi connectivity index (χ1n) is 8.14. The van der Waals surface area contributed by atoms with Gasteiger partial charge in [0.1, 0.15) is 0 Å². The van der Waals surface area contributed by atoms with Crippen molar-refractivity contribution in [3.8, 4) is 0 Å². The molecule has 126 valence electrons. The molecule has 0 heterocycles. The van der Waals surface area contributed by atoms with Crippen LogP contribution in [0.1, 0.15) is 36.0 Å². The Morgan fingerprint density at radius 3 is 2.26 bits per heavy atom. The third kappa shape index (κ3) is 4.71. The van der Waals surface area contributed by atoms with Gasteiger partial charge < -0.3 is 15.0 Å². The van der Waals surface area contributed by atoms with Gasteiger partial charge in [0.15, 0.2) is 0 Å². The van der Waals surface area contributed by atoms with Gasteiger partial charge in [-0.1, -0.05) is 0 Å². The summed E-state index contributed by atoms with van der Waals surface area (Å²) in [5.41, 5.74) is 1.75. The standard InChI is InChI=1S/C18H26N2O3/c1-20(2)16-10-8-14(9-11-16)17(21)19-12-13-4-6-15(7-5-13)18(22)23-3/h8-11,13,15H,4-7,12H2,1-3H3,(H,19,21). The molecular formula is C18H26N2O3. The summed E-state index contributed by atoms with van der Waals surface area (Å²) in [5, 5.41) is 3.01. The molecule has 0 bridgehead atoms. The maximum atomic E-state index is 12.2. The van der Waals surface area contributed by atoms with Gasteiger partial charge >= 0.3 is 5.97 Å². The van der Waals surface area contributed by atoms with E-state index in [1.807, 2.05) is 43.3 Å². The molecule has 1 aliphatic carbocycles. The summed E-state index contributed by atoms with van der Waals surface area (Å²) in [4.78, 5) is 25.7. The number of ether oxygens (including phenoxy) is 1. The second-order valence-corrected chi connectivity index (χ2v) is 6.39. The lowest BCUT2D eigenvalue weighted by atomic mass is 9.82. The molecule has 1 amide bonds. The zero-order valence-electron chi connectivity index (χ0n) is 14.2. The van der Waals surface area contributed by atoms with Crippen molar-refractivity contribution in [1.29, 1.82) is 0 Å². The number of carbonyl (C=O) groups excluding carboxylic acids is 2. The average molecular weight is 318 g/mol. The SMILES string of the molecule is COC(=O)C1CCC(CNC(=O)c2ccc(N(C)C)cc2)CC1. The van der Waals surface area contributed by atoms with Gasteiger partial charge in [0.05, 0.1) is 13.0 Å². The summed E-state index contributed by atoms with van der Waals surface area (Å²) in [7, 11) is 5.38. The molecule has 1 aromatic rings. The number of esters is 1. The number of benzene rings is 1. The molecule has 0 saturated heterocycles. The Hall–Kier alpha value is -2.04. The van der Waals surface area contributed by atoms with Crippen LogP contribution in [0.25, 0.3) is 0 Å². The van der Waals surface area contributed by atoms with Gasteiger partial charge in [0.2, 0.25) is 0 Å². The Balaban J connectivity index is 1.78. The number of nitrogens with one attached hydrogen (secondary N) is 1. The van der Waals surface area contributed by atoms with Crippen molar-refractivity contribution >= 4 is 17.6 Å². The van der Waals surface area contributed by atoms with E-state index in [4.69, 9.17) is 4.74 Å². The quantitative estimate of drug-likeness (QED) is 0.847. The summed E-state index contributed by atoms with van der Waals surface area (Å²) >= 11 is 0. The molecule has 1 fully saturated rings. The zero-order chi connectivity index (χ0) is 16.8. The Morgan fingerprint density at radius 1 is 1.13 bits per heavy atom. The minimum atomic E-state index is -0.103. The number of hydrogen-bond acceptors (Lipinski definition) is 4. The Labute approximate surface area is 138 Å². The lowest BCUT2D eigenvalue weighted by Crippen LogP contribution is -2.32. The van der Waals surface area contributed by atoms with E-state index in [0.29, 0.717) is 18.0 Å². The molecule has 1 aromatic carbocycles. The average Bonchev–Trinajstić information content (AvgIpc) is 2.59. The van der Waals surface area contributed by atoms with Crippen LogP contribution in [-0.2, 0) is 9.53 Å². The Bertz CT molecular complexity index is 532. The molecule has 0 unspecified atom stereocenters. The van der Waals surface area contributed by atoms with E-state index in [-0.39, 0.29) is 17.8 Å². The van der Waals surface area contributed by atoms with Crippen LogP contribution in [0, 0.1) is 11.8 Å². The first-order chi connectivity index (χ1) is 11.0. The predicted octanol–water partition coefficient (Wildman–Crippen LogP) is 2.46. The predicted molar refractivity (Wildman–Crippen MR) is 90.6 cm³/mol. The summed E-state index contributed by atoms with van der Waals surface area (Å²) in [6.45, 7) is 0.669. The molecule has 0 aliphatic heterocycles. The number of anilines is 1. The van der Waals surface area contributed by atoms with Gasteiger partial charge in [-0.2, -0.15) is 0 Å². The van der Waals surface area contributed by atoms with Gasteiger partial charge in [-0.3, -0.25) is 9.59 Å². The van der Waals surface area contributed by atoms with Gasteiger partial charge in [-0.15, -0.1) is 0 Å². The molecule has 0 spiro atoms. The van der Waals surface area contributed by atoms with Crippen molar-refractivity contribution in [2.75, 3.05) is 32.6 Å². The second-order valence-electron chi connectivity index (χ2n) is 6.39. The molecular weight excluding hydrogens is 292 g/mol. The zero-order valence-corrected chi connectivity index (χ0v) is 14.2. The van der Waals surface area contributed by atoms with Crippen LogP contribution in [0.15, 0.2) is 24.3 Å². The molecule has 0 atom stereocenters. The van der Waals surface area contributed by atoms with Crippen LogP contribution in [0.5, 0.6) is 0 Å². The molecule has 1 saturated carbocycles. The fraction of sp³-hybridized carbons (Fsp3) is 0.556.